The van der Waals surface area contributed by atoms with Gasteiger partial charge in [-0.1, -0.05) is 0 Å². The summed E-state index contributed by atoms with van der Waals surface area (Å²) in [6.07, 6.45) is 4.82. The summed E-state index contributed by atoms with van der Waals surface area (Å²) in [4.78, 5) is 14.2. The van der Waals surface area contributed by atoms with Crippen LogP contribution in [0.3, 0.4) is 0 Å². The first-order valence-corrected chi connectivity index (χ1v) is 8.23. The minimum atomic E-state index is -0.436. The summed E-state index contributed by atoms with van der Waals surface area (Å²) in [5.41, 5.74) is -0.436. The molecule has 0 radical (unpaired) electrons. The molecule has 122 valence electrons. The highest BCUT2D eigenvalue weighted by Crippen LogP contribution is 2.26. The van der Waals surface area contributed by atoms with Crippen LogP contribution in [0.15, 0.2) is 0 Å². The van der Waals surface area contributed by atoms with Crippen LogP contribution in [0.25, 0.3) is 0 Å². The molecule has 1 saturated carbocycles. The molecule has 2 N–H and O–H groups in total. The summed E-state index contributed by atoms with van der Waals surface area (Å²) in [5.74, 6) is 0.596. The zero-order valence-electron chi connectivity index (χ0n) is 13.6. The lowest BCUT2D eigenvalue weighted by Gasteiger charge is -2.38. The van der Waals surface area contributed by atoms with Crippen molar-refractivity contribution in [2.45, 2.75) is 70.6 Å². The highest BCUT2D eigenvalue weighted by molar-refractivity contribution is 5.68. The summed E-state index contributed by atoms with van der Waals surface area (Å²) < 4.78 is 5.51. The van der Waals surface area contributed by atoms with Crippen LogP contribution in [0.1, 0.15) is 52.9 Å². The van der Waals surface area contributed by atoms with Crippen LogP contribution in [-0.4, -0.2) is 53.5 Å². The van der Waals surface area contributed by atoms with Crippen LogP contribution in [0.5, 0.6) is 0 Å². The second kappa shape index (κ2) is 6.97. The molecule has 5 nitrogen and oxygen atoms in total. The van der Waals surface area contributed by atoms with E-state index >= 15 is 0 Å². The molecule has 0 spiro atoms. The fourth-order valence-electron chi connectivity index (χ4n) is 3.09. The maximum atomic E-state index is 12.3. The Morgan fingerprint density at radius 1 is 1.29 bits per heavy atom. The van der Waals surface area contributed by atoms with Crippen molar-refractivity contribution in [1.29, 1.82) is 0 Å². The number of hydrogen-bond donors (Lipinski definition) is 2. The van der Waals surface area contributed by atoms with E-state index in [0.29, 0.717) is 5.92 Å². The number of hydrogen-bond acceptors (Lipinski definition) is 4. The van der Waals surface area contributed by atoms with Gasteiger partial charge in [0.2, 0.25) is 0 Å². The molecule has 5 heteroatoms. The lowest BCUT2D eigenvalue weighted by atomic mass is 9.82. The molecule has 2 fully saturated rings. The molecular weight excluding hydrogens is 268 g/mol. The number of piperidine rings is 1. The molecule has 0 aromatic carbocycles. The zero-order chi connectivity index (χ0) is 15.5. The van der Waals surface area contributed by atoms with E-state index in [0.717, 1.165) is 45.3 Å². The van der Waals surface area contributed by atoms with Crippen molar-refractivity contribution in [1.82, 2.24) is 10.2 Å². The minimum Gasteiger partial charge on any atom is -0.444 e. The largest absolute Gasteiger partial charge is 0.444 e. The topological polar surface area (TPSA) is 61.8 Å². The first-order valence-electron chi connectivity index (χ1n) is 8.23. The molecule has 1 saturated heterocycles. The van der Waals surface area contributed by atoms with Gasteiger partial charge in [-0.05, 0) is 65.3 Å². The number of carbonyl (C=O) groups excluding carboxylic acids is 1. The van der Waals surface area contributed by atoms with E-state index in [2.05, 4.69) is 5.32 Å². The molecule has 0 bridgehead atoms. The molecule has 1 amide bonds. The summed E-state index contributed by atoms with van der Waals surface area (Å²) in [6.45, 7) is 8.28. The van der Waals surface area contributed by atoms with E-state index in [1.807, 2.05) is 25.7 Å². The van der Waals surface area contributed by atoms with Gasteiger partial charge in [0.15, 0.2) is 0 Å². The van der Waals surface area contributed by atoms with Crippen molar-refractivity contribution < 1.29 is 14.6 Å². The lowest BCUT2D eigenvalue weighted by molar-refractivity contribution is 0.00911. The van der Waals surface area contributed by atoms with Gasteiger partial charge in [-0.25, -0.2) is 4.79 Å². The SMILES string of the molecule is CC(C)(C)OC(=O)N1CCCCC1CNCC1CC(O)C1. The predicted octanol–water partition coefficient (Wildman–Crippen LogP) is 2.14. The third-order valence-corrected chi connectivity index (χ3v) is 4.28. The Morgan fingerprint density at radius 3 is 2.62 bits per heavy atom. The first kappa shape index (κ1) is 16.6. The Morgan fingerprint density at radius 2 is 2.00 bits per heavy atom. The van der Waals surface area contributed by atoms with Gasteiger partial charge in [0.1, 0.15) is 5.60 Å². The van der Waals surface area contributed by atoms with E-state index in [-0.39, 0.29) is 18.2 Å². The average molecular weight is 298 g/mol. The quantitative estimate of drug-likeness (QED) is 0.835. The molecule has 1 heterocycles. The predicted molar refractivity (Wildman–Crippen MR) is 82.2 cm³/mol. The van der Waals surface area contributed by atoms with Crippen molar-refractivity contribution >= 4 is 6.09 Å². The maximum Gasteiger partial charge on any atom is 0.410 e. The van der Waals surface area contributed by atoms with Crippen molar-refractivity contribution in [3.8, 4) is 0 Å². The number of amides is 1. The van der Waals surface area contributed by atoms with Gasteiger partial charge >= 0.3 is 6.09 Å². The Balaban J connectivity index is 1.76. The highest BCUT2D eigenvalue weighted by atomic mass is 16.6. The molecule has 0 aromatic heterocycles. The van der Waals surface area contributed by atoms with Crippen LogP contribution in [0, 0.1) is 5.92 Å². The molecule has 21 heavy (non-hydrogen) atoms. The van der Waals surface area contributed by atoms with Crippen LogP contribution in [0.4, 0.5) is 4.79 Å². The number of nitrogens with one attached hydrogen (secondary N) is 1. The molecular formula is C16H30N2O3. The zero-order valence-corrected chi connectivity index (χ0v) is 13.6. The fourth-order valence-corrected chi connectivity index (χ4v) is 3.09. The summed E-state index contributed by atoms with van der Waals surface area (Å²) in [6, 6.07) is 0.235. The van der Waals surface area contributed by atoms with Gasteiger partial charge in [0.05, 0.1) is 6.10 Å². The molecule has 1 atom stereocenters. The molecule has 1 aliphatic heterocycles. The van der Waals surface area contributed by atoms with Crippen molar-refractivity contribution in [2.24, 2.45) is 5.92 Å². The summed E-state index contributed by atoms with van der Waals surface area (Å²) in [5, 5.41) is 12.8. The van der Waals surface area contributed by atoms with E-state index in [1.54, 1.807) is 0 Å². The summed E-state index contributed by atoms with van der Waals surface area (Å²) in [7, 11) is 0. The molecule has 1 unspecified atom stereocenters. The number of nitrogens with zero attached hydrogens (tertiary/aromatic N) is 1. The molecule has 2 rings (SSSR count). The van der Waals surface area contributed by atoms with Crippen LogP contribution < -0.4 is 5.32 Å². The number of ether oxygens (including phenoxy) is 1. The van der Waals surface area contributed by atoms with E-state index < -0.39 is 5.60 Å². The Labute approximate surface area is 128 Å². The van der Waals surface area contributed by atoms with E-state index in [1.165, 1.54) is 6.42 Å². The van der Waals surface area contributed by atoms with Gasteiger partial charge in [-0.15, -0.1) is 0 Å². The van der Waals surface area contributed by atoms with Crippen LogP contribution >= 0.6 is 0 Å². The Kier molecular flexibility index (Phi) is 5.49. The normalized spacial score (nSPS) is 29.9. The number of aliphatic hydroxyl groups excluding tert-OH is 1. The van der Waals surface area contributed by atoms with Gasteiger partial charge in [-0.2, -0.15) is 0 Å². The number of rotatable bonds is 4. The highest BCUT2D eigenvalue weighted by Gasteiger charge is 2.31. The first-order chi connectivity index (χ1) is 9.85. The third-order valence-electron chi connectivity index (χ3n) is 4.28. The lowest BCUT2D eigenvalue weighted by Crippen LogP contribution is -2.51. The van der Waals surface area contributed by atoms with Gasteiger partial charge in [0.25, 0.3) is 0 Å². The average Bonchev–Trinajstić information content (AvgIpc) is 2.35. The van der Waals surface area contributed by atoms with E-state index in [9.17, 15) is 9.90 Å². The monoisotopic (exact) mass is 298 g/mol. The fraction of sp³-hybridized carbons (Fsp3) is 0.938. The molecule has 0 aromatic rings. The number of likely N-dealkylation sites (tertiary alicyclic amines) is 1. The van der Waals surface area contributed by atoms with Crippen molar-refractivity contribution in [3.05, 3.63) is 0 Å². The Bertz CT molecular complexity index is 348. The van der Waals surface area contributed by atoms with Gasteiger partial charge in [-0.3, -0.25) is 0 Å². The Hall–Kier alpha value is -0.810. The minimum absolute atomic E-state index is 0.0928. The van der Waals surface area contributed by atoms with Crippen LogP contribution in [0.2, 0.25) is 0 Å². The number of aliphatic hydroxyl groups is 1. The second-order valence-corrected chi connectivity index (χ2v) is 7.47. The van der Waals surface area contributed by atoms with Crippen LogP contribution in [-0.2, 0) is 4.74 Å². The molecule has 1 aliphatic carbocycles. The number of carbonyl (C=O) groups is 1. The summed E-state index contributed by atoms with van der Waals surface area (Å²) >= 11 is 0. The van der Waals surface area contributed by atoms with E-state index in [4.69, 9.17) is 4.74 Å². The third kappa shape index (κ3) is 5.15. The second-order valence-electron chi connectivity index (χ2n) is 7.47. The van der Waals surface area contributed by atoms with Crippen molar-refractivity contribution in [2.75, 3.05) is 19.6 Å². The smallest absolute Gasteiger partial charge is 0.410 e. The standard InChI is InChI=1S/C16H30N2O3/c1-16(2,3)21-15(20)18-7-5-4-6-13(18)11-17-10-12-8-14(19)9-12/h12-14,17,19H,4-11H2,1-3H3. The van der Waals surface area contributed by atoms with Gasteiger partial charge < -0.3 is 20.1 Å². The van der Waals surface area contributed by atoms with Gasteiger partial charge in [0, 0.05) is 19.1 Å². The molecule has 2 aliphatic rings. The van der Waals surface area contributed by atoms with Crippen molar-refractivity contribution in [3.63, 3.8) is 0 Å². The maximum absolute atomic E-state index is 12.3.